The Hall–Kier alpha value is -2.58. The van der Waals surface area contributed by atoms with E-state index in [2.05, 4.69) is 17.2 Å². The van der Waals surface area contributed by atoms with Crippen molar-refractivity contribution in [1.82, 2.24) is 5.32 Å². The number of ketones is 1. The van der Waals surface area contributed by atoms with E-state index in [9.17, 15) is 4.79 Å². The van der Waals surface area contributed by atoms with Crippen molar-refractivity contribution < 1.29 is 4.79 Å². The number of benzene rings is 2. The number of carbonyl (C=O) groups is 1. The minimum atomic E-state index is 0.303. The minimum Gasteiger partial charge on any atom is -0.299 e. The largest absolute Gasteiger partial charge is 0.299 e. The van der Waals surface area contributed by atoms with Gasteiger partial charge in [-0.25, -0.2) is 4.99 Å². The quantitative estimate of drug-likeness (QED) is 0.322. The van der Waals surface area contributed by atoms with Gasteiger partial charge < -0.3 is 0 Å². The number of aliphatic imine (C=N–C) groups is 1. The average Bonchev–Trinajstić information content (AvgIpc) is 2.67. The molecule has 2 aromatic rings. The molecule has 0 fully saturated rings. The molecule has 0 aromatic heterocycles. The molecular formula is C21H23N3OS. The first-order valence-electron chi connectivity index (χ1n) is 8.65. The molecule has 0 unspecified atom stereocenters. The Labute approximate surface area is 159 Å². The molecule has 0 aliphatic rings. The molecule has 134 valence electrons. The third-order valence-electron chi connectivity index (χ3n) is 3.95. The van der Waals surface area contributed by atoms with E-state index in [4.69, 9.17) is 5.26 Å². The minimum absolute atomic E-state index is 0.303. The van der Waals surface area contributed by atoms with Crippen LogP contribution in [0.1, 0.15) is 31.7 Å². The lowest BCUT2D eigenvalue weighted by molar-refractivity contribution is -0.118. The predicted octanol–water partition coefficient (Wildman–Crippen LogP) is 5.08. The molecule has 0 radical (unpaired) electrons. The van der Waals surface area contributed by atoms with E-state index in [1.165, 1.54) is 11.8 Å². The van der Waals surface area contributed by atoms with Gasteiger partial charge in [0.25, 0.3) is 0 Å². The molecule has 0 heterocycles. The Morgan fingerprint density at radius 1 is 1.12 bits per heavy atom. The van der Waals surface area contributed by atoms with Crippen molar-refractivity contribution in [2.75, 3.05) is 6.26 Å². The number of unbranched alkanes of at least 4 members (excludes halogenated alkanes) is 1. The number of nitrogens with one attached hydrogen (secondary N) is 1. The van der Waals surface area contributed by atoms with E-state index in [1.54, 1.807) is 0 Å². The molecular weight excluding hydrogens is 342 g/mol. The molecule has 5 heteroatoms. The number of Topliss-reactive ketones (excluding diaryl/α,β-unsaturated/α-hetero) is 1. The van der Waals surface area contributed by atoms with Crippen LogP contribution in [0.4, 0.5) is 5.69 Å². The molecule has 1 N–H and O–H groups in total. The summed E-state index contributed by atoms with van der Waals surface area (Å²) in [6, 6.07) is 16.0. The van der Waals surface area contributed by atoms with E-state index in [0.717, 1.165) is 35.2 Å². The van der Waals surface area contributed by atoms with Gasteiger partial charge in [-0.1, -0.05) is 61.5 Å². The summed E-state index contributed by atoms with van der Waals surface area (Å²) in [4.78, 5) is 16.3. The van der Waals surface area contributed by atoms with E-state index in [1.807, 2.05) is 61.0 Å². The van der Waals surface area contributed by atoms with Gasteiger partial charge in [-0.15, -0.1) is 0 Å². The summed E-state index contributed by atoms with van der Waals surface area (Å²) in [6.07, 6.45) is 6.94. The fourth-order valence-corrected chi connectivity index (χ4v) is 2.87. The van der Waals surface area contributed by atoms with Gasteiger partial charge in [0.05, 0.1) is 5.69 Å². The molecule has 26 heavy (non-hydrogen) atoms. The van der Waals surface area contributed by atoms with Crippen molar-refractivity contribution in [2.24, 2.45) is 4.99 Å². The number of amidine groups is 1. The Kier molecular flexibility index (Phi) is 7.91. The Bertz CT molecular complexity index is 790. The number of nitrogens with zero attached hydrogens (tertiary/aromatic N) is 2. The number of thioether (sulfide) groups is 1. The zero-order chi connectivity index (χ0) is 18.8. The Balaban J connectivity index is 2.05. The highest BCUT2D eigenvalue weighted by molar-refractivity contribution is 8.13. The number of carbonyl (C=O) groups excluding carboxylic acids is 1. The van der Waals surface area contributed by atoms with Crippen molar-refractivity contribution in [2.45, 2.75) is 32.6 Å². The van der Waals surface area contributed by atoms with Crippen LogP contribution in [0, 0.1) is 11.5 Å². The summed E-state index contributed by atoms with van der Waals surface area (Å²) in [5.74, 6) is 0.303. The highest BCUT2D eigenvalue weighted by Gasteiger charge is 2.04. The van der Waals surface area contributed by atoms with Crippen LogP contribution in [0.25, 0.3) is 11.1 Å². The maximum atomic E-state index is 11.9. The zero-order valence-corrected chi connectivity index (χ0v) is 16.0. The summed E-state index contributed by atoms with van der Waals surface area (Å²) in [5.41, 5.74) is 4.04. The van der Waals surface area contributed by atoms with Gasteiger partial charge in [0.2, 0.25) is 0 Å². The standard InChI is InChI=1S/C21H23N3OS/c1-3-4-5-20(25)14-16-6-8-17(9-7-16)18-10-12-19(13-11-18)24-21(26-2)23-15-22/h6-13H,3-5,14H2,1-2H3,(H,23,24). The molecule has 2 rings (SSSR count). The van der Waals surface area contributed by atoms with Crippen molar-refractivity contribution in [3.8, 4) is 17.3 Å². The average molecular weight is 366 g/mol. The second-order valence-corrected chi connectivity index (χ2v) is 6.72. The lowest BCUT2D eigenvalue weighted by atomic mass is 10.0. The lowest BCUT2D eigenvalue weighted by Gasteiger charge is -2.06. The van der Waals surface area contributed by atoms with Gasteiger partial charge >= 0.3 is 0 Å². The smallest absolute Gasteiger partial charge is 0.183 e. The normalized spacial score (nSPS) is 11.0. The molecule has 2 aromatic carbocycles. The second kappa shape index (κ2) is 10.4. The summed E-state index contributed by atoms with van der Waals surface area (Å²) < 4.78 is 0. The summed E-state index contributed by atoms with van der Waals surface area (Å²) in [7, 11) is 0. The van der Waals surface area contributed by atoms with Gasteiger partial charge in [0.1, 0.15) is 5.78 Å². The van der Waals surface area contributed by atoms with Gasteiger partial charge in [-0.3, -0.25) is 10.1 Å². The van der Waals surface area contributed by atoms with Crippen LogP contribution in [-0.4, -0.2) is 17.2 Å². The van der Waals surface area contributed by atoms with Crippen LogP contribution in [0.5, 0.6) is 0 Å². The summed E-state index contributed by atoms with van der Waals surface area (Å²) in [6.45, 7) is 2.10. The second-order valence-electron chi connectivity index (χ2n) is 5.92. The van der Waals surface area contributed by atoms with Crippen LogP contribution < -0.4 is 5.32 Å². The fraction of sp³-hybridized carbons (Fsp3) is 0.286. The van der Waals surface area contributed by atoms with Crippen LogP contribution in [0.2, 0.25) is 0 Å². The summed E-state index contributed by atoms with van der Waals surface area (Å²) >= 11 is 1.39. The highest BCUT2D eigenvalue weighted by atomic mass is 32.2. The van der Waals surface area contributed by atoms with Crippen LogP contribution >= 0.6 is 11.8 Å². The fourth-order valence-electron chi connectivity index (χ4n) is 2.52. The van der Waals surface area contributed by atoms with E-state index < -0.39 is 0 Å². The van der Waals surface area contributed by atoms with Crippen molar-refractivity contribution in [3.05, 3.63) is 54.1 Å². The topological polar surface area (TPSA) is 65.2 Å². The Morgan fingerprint density at radius 2 is 1.73 bits per heavy atom. The monoisotopic (exact) mass is 365 g/mol. The van der Waals surface area contributed by atoms with Gasteiger partial charge in [0.15, 0.2) is 11.4 Å². The van der Waals surface area contributed by atoms with Gasteiger partial charge in [-0.05, 0) is 41.5 Å². The maximum Gasteiger partial charge on any atom is 0.183 e. The van der Waals surface area contributed by atoms with Crippen LogP contribution in [0.3, 0.4) is 0 Å². The SMILES string of the molecule is CCCCC(=O)Cc1ccc(-c2ccc(N=C(NC#N)SC)cc2)cc1. The first-order chi connectivity index (χ1) is 12.7. The van der Waals surface area contributed by atoms with Crippen LogP contribution in [0.15, 0.2) is 53.5 Å². The summed E-state index contributed by atoms with van der Waals surface area (Å²) in [5, 5.41) is 11.8. The maximum absolute atomic E-state index is 11.9. The lowest BCUT2D eigenvalue weighted by Crippen LogP contribution is -2.12. The van der Waals surface area contributed by atoms with Crippen molar-refractivity contribution >= 4 is 28.4 Å². The first-order valence-corrected chi connectivity index (χ1v) is 9.87. The molecule has 4 nitrogen and oxygen atoms in total. The predicted molar refractivity (Wildman–Crippen MR) is 109 cm³/mol. The molecule has 0 atom stereocenters. The number of nitriles is 1. The van der Waals surface area contributed by atoms with Crippen molar-refractivity contribution in [1.29, 1.82) is 5.26 Å². The van der Waals surface area contributed by atoms with Gasteiger partial charge in [0, 0.05) is 12.8 Å². The van der Waals surface area contributed by atoms with Crippen molar-refractivity contribution in [3.63, 3.8) is 0 Å². The molecule has 0 saturated heterocycles. The molecule has 0 saturated carbocycles. The molecule has 0 bridgehead atoms. The van der Waals surface area contributed by atoms with E-state index in [-0.39, 0.29) is 0 Å². The Morgan fingerprint density at radius 3 is 2.27 bits per heavy atom. The van der Waals surface area contributed by atoms with Crippen LogP contribution in [-0.2, 0) is 11.2 Å². The number of rotatable bonds is 7. The molecule has 0 spiro atoms. The number of hydrogen-bond acceptors (Lipinski definition) is 4. The van der Waals surface area contributed by atoms with Gasteiger partial charge in [-0.2, -0.15) is 5.26 Å². The van der Waals surface area contributed by atoms with E-state index in [0.29, 0.717) is 23.8 Å². The third-order valence-corrected chi connectivity index (χ3v) is 4.53. The van der Waals surface area contributed by atoms with E-state index >= 15 is 0 Å². The molecule has 0 aliphatic heterocycles. The molecule has 0 aliphatic carbocycles. The number of hydrogen-bond donors (Lipinski definition) is 1. The molecule has 0 amide bonds. The first kappa shape index (κ1) is 19.7. The highest BCUT2D eigenvalue weighted by Crippen LogP contribution is 2.24. The third kappa shape index (κ3) is 6.05. The zero-order valence-electron chi connectivity index (χ0n) is 15.2.